The second-order valence-electron chi connectivity index (χ2n) is 3.90. The molecular weight excluding hydrogens is 190 g/mol. The van der Waals surface area contributed by atoms with Gasteiger partial charge < -0.3 is 15.2 Å². The van der Waals surface area contributed by atoms with Crippen molar-refractivity contribution >= 4 is 0 Å². The summed E-state index contributed by atoms with van der Waals surface area (Å²) in [6, 6.07) is 4.06. The molecule has 1 atom stereocenters. The van der Waals surface area contributed by atoms with Gasteiger partial charge in [-0.15, -0.1) is 0 Å². The summed E-state index contributed by atoms with van der Waals surface area (Å²) in [5, 5.41) is 0. The maximum absolute atomic E-state index is 5.70. The molecule has 1 aromatic rings. The molecule has 3 nitrogen and oxygen atoms in total. The van der Waals surface area contributed by atoms with E-state index < -0.39 is 0 Å². The van der Waals surface area contributed by atoms with Gasteiger partial charge in [-0.1, -0.05) is 13.0 Å². The van der Waals surface area contributed by atoms with E-state index in [2.05, 4.69) is 13.0 Å². The maximum Gasteiger partial charge on any atom is 0.164 e. The molecule has 1 unspecified atom stereocenters. The number of hydrogen-bond acceptors (Lipinski definition) is 3. The third-order valence-electron chi connectivity index (χ3n) is 2.96. The van der Waals surface area contributed by atoms with Crippen LogP contribution in [0.5, 0.6) is 11.5 Å². The molecule has 0 fully saturated rings. The van der Waals surface area contributed by atoms with Crippen LogP contribution in [0, 0.1) is 0 Å². The number of ether oxygens (including phenoxy) is 2. The number of methoxy groups -OCH3 is 1. The monoisotopic (exact) mass is 207 g/mol. The van der Waals surface area contributed by atoms with Gasteiger partial charge in [-0.2, -0.15) is 0 Å². The van der Waals surface area contributed by atoms with Crippen molar-refractivity contribution in [2.75, 3.05) is 20.3 Å². The lowest BCUT2D eigenvalue weighted by Crippen LogP contribution is -2.10. The molecule has 0 aliphatic carbocycles. The minimum absolute atomic E-state index is 0.381. The highest BCUT2D eigenvalue weighted by atomic mass is 16.5. The smallest absolute Gasteiger partial charge is 0.164 e. The van der Waals surface area contributed by atoms with Crippen molar-refractivity contribution in [1.82, 2.24) is 0 Å². The molecule has 0 saturated heterocycles. The van der Waals surface area contributed by atoms with Crippen molar-refractivity contribution in [2.24, 2.45) is 5.73 Å². The van der Waals surface area contributed by atoms with Crippen molar-refractivity contribution in [3.63, 3.8) is 0 Å². The Morgan fingerprint density at radius 2 is 2.33 bits per heavy atom. The molecule has 1 aliphatic heterocycles. The molecule has 0 spiro atoms. The van der Waals surface area contributed by atoms with Crippen LogP contribution < -0.4 is 15.2 Å². The van der Waals surface area contributed by atoms with Crippen molar-refractivity contribution in [1.29, 1.82) is 0 Å². The molecule has 0 saturated carbocycles. The number of hydrogen-bond donors (Lipinski definition) is 1. The largest absolute Gasteiger partial charge is 0.493 e. The van der Waals surface area contributed by atoms with Gasteiger partial charge in [0.1, 0.15) is 0 Å². The molecule has 0 radical (unpaired) electrons. The Morgan fingerprint density at radius 1 is 1.53 bits per heavy atom. The third-order valence-corrected chi connectivity index (χ3v) is 2.96. The lowest BCUT2D eigenvalue weighted by molar-refractivity contribution is 0.326. The lowest BCUT2D eigenvalue weighted by Gasteiger charge is -2.15. The molecule has 0 aromatic heterocycles. The van der Waals surface area contributed by atoms with Crippen LogP contribution in [0.25, 0.3) is 0 Å². The van der Waals surface area contributed by atoms with E-state index in [0.717, 1.165) is 24.5 Å². The fourth-order valence-electron chi connectivity index (χ4n) is 2.04. The van der Waals surface area contributed by atoms with E-state index in [-0.39, 0.29) is 0 Å². The zero-order valence-corrected chi connectivity index (χ0v) is 9.25. The summed E-state index contributed by atoms with van der Waals surface area (Å²) >= 11 is 0. The first-order valence-electron chi connectivity index (χ1n) is 5.30. The normalized spacial score (nSPS) is 15.7. The molecule has 2 rings (SSSR count). The summed E-state index contributed by atoms with van der Waals surface area (Å²) in [5.41, 5.74) is 8.26. The summed E-state index contributed by atoms with van der Waals surface area (Å²) < 4.78 is 10.9. The predicted octanol–water partition coefficient (Wildman–Crippen LogP) is 1.69. The zero-order valence-electron chi connectivity index (χ0n) is 9.25. The van der Waals surface area contributed by atoms with Gasteiger partial charge in [-0.25, -0.2) is 0 Å². The highest BCUT2D eigenvalue weighted by Gasteiger charge is 2.22. The lowest BCUT2D eigenvalue weighted by atomic mass is 9.94. The van der Waals surface area contributed by atoms with Gasteiger partial charge in [0.2, 0.25) is 0 Å². The molecular formula is C12H17NO2. The molecule has 3 heteroatoms. The topological polar surface area (TPSA) is 44.5 Å². The Kier molecular flexibility index (Phi) is 2.82. The van der Waals surface area contributed by atoms with Crippen LogP contribution in [0.3, 0.4) is 0 Å². The standard InChI is InChI=1S/C12H17NO2/c1-8(7-13)9-3-4-11(14-2)12-10(9)5-6-15-12/h3-4,8H,5-7,13H2,1-2H3. The zero-order chi connectivity index (χ0) is 10.8. The molecule has 1 aliphatic rings. The van der Waals surface area contributed by atoms with Crippen molar-refractivity contribution < 1.29 is 9.47 Å². The highest BCUT2D eigenvalue weighted by molar-refractivity contribution is 5.53. The van der Waals surface area contributed by atoms with Gasteiger partial charge in [0.15, 0.2) is 11.5 Å². The van der Waals surface area contributed by atoms with Crippen LogP contribution in [0.2, 0.25) is 0 Å². The second-order valence-corrected chi connectivity index (χ2v) is 3.90. The van der Waals surface area contributed by atoms with Crippen LogP contribution in [0.1, 0.15) is 24.0 Å². The maximum atomic E-state index is 5.70. The van der Waals surface area contributed by atoms with Gasteiger partial charge >= 0.3 is 0 Å². The summed E-state index contributed by atoms with van der Waals surface area (Å²) in [5.74, 6) is 2.12. The van der Waals surface area contributed by atoms with E-state index in [0.29, 0.717) is 12.5 Å². The second kappa shape index (κ2) is 4.11. The fourth-order valence-corrected chi connectivity index (χ4v) is 2.04. The quantitative estimate of drug-likeness (QED) is 0.820. The van der Waals surface area contributed by atoms with E-state index in [1.165, 1.54) is 11.1 Å². The van der Waals surface area contributed by atoms with Crippen LogP contribution in [-0.2, 0) is 6.42 Å². The van der Waals surface area contributed by atoms with Gasteiger partial charge in [-0.3, -0.25) is 0 Å². The molecule has 0 amide bonds. The Balaban J connectivity index is 2.47. The average Bonchev–Trinajstić information content (AvgIpc) is 2.75. The van der Waals surface area contributed by atoms with E-state index in [1.54, 1.807) is 7.11 Å². The summed E-state index contributed by atoms with van der Waals surface area (Å²) in [7, 11) is 1.67. The van der Waals surface area contributed by atoms with E-state index in [9.17, 15) is 0 Å². The Labute approximate surface area is 90.2 Å². The Hall–Kier alpha value is -1.22. The minimum Gasteiger partial charge on any atom is -0.493 e. The van der Waals surface area contributed by atoms with Gasteiger partial charge in [-0.05, 0) is 24.1 Å². The van der Waals surface area contributed by atoms with Crippen molar-refractivity contribution in [3.8, 4) is 11.5 Å². The number of nitrogens with two attached hydrogens (primary N) is 1. The predicted molar refractivity (Wildman–Crippen MR) is 59.7 cm³/mol. The van der Waals surface area contributed by atoms with Crippen molar-refractivity contribution in [3.05, 3.63) is 23.3 Å². The van der Waals surface area contributed by atoms with Crippen molar-refractivity contribution in [2.45, 2.75) is 19.3 Å². The molecule has 15 heavy (non-hydrogen) atoms. The minimum atomic E-state index is 0.381. The SMILES string of the molecule is COc1ccc(C(C)CN)c2c1OCC2. The third kappa shape index (κ3) is 1.67. The molecule has 1 aromatic carbocycles. The van der Waals surface area contributed by atoms with Crippen LogP contribution in [0.4, 0.5) is 0 Å². The molecule has 82 valence electrons. The first kappa shape index (κ1) is 10.3. The first-order valence-corrected chi connectivity index (χ1v) is 5.30. The van der Waals surface area contributed by atoms with Gasteiger partial charge in [0.25, 0.3) is 0 Å². The summed E-state index contributed by atoms with van der Waals surface area (Å²) in [6.45, 7) is 3.55. The van der Waals surface area contributed by atoms with E-state index in [4.69, 9.17) is 15.2 Å². The molecule has 1 heterocycles. The van der Waals surface area contributed by atoms with Crippen LogP contribution in [0.15, 0.2) is 12.1 Å². The Morgan fingerprint density at radius 3 is 3.00 bits per heavy atom. The Bertz CT molecular complexity index is 363. The first-order chi connectivity index (χ1) is 7.27. The van der Waals surface area contributed by atoms with E-state index in [1.807, 2.05) is 6.07 Å². The van der Waals surface area contributed by atoms with Gasteiger partial charge in [0, 0.05) is 12.0 Å². The van der Waals surface area contributed by atoms with E-state index >= 15 is 0 Å². The van der Waals surface area contributed by atoms with Crippen LogP contribution >= 0.6 is 0 Å². The van der Waals surface area contributed by atoms with Gasteiger partial charge in [0.05, 0.1) is 13.7 Å². The highest BCUT2D eigenvalue weighted by Crippen LogP contribution is 2.39. The summed E-state index contributed by atoms with van der Waals surface area (Å²) in [4.78, 5) is 0. The number of fused-ring (bicyclic) bond motifs is 1. The number of rotatable bonds is 3. The number of benzene rings is 1. The van der Waals surface area contributed by atoms with Crippen LogP contribution in [-0.4, -0.2) is 20.3 Å². The average molecular weight is 207 g/mol. The summed E-state index contributed by atoms with van der Waals surface area (Å²) in [6.07, 6.45) is 0.964. The fraction of sp³-hybridized carbons (Fsp3) is 0.500. The molecule has 2 N–H and O–H groups in total. The molecule has 0 bridgehead atoms.